The third-order valence-electron chi connectivity index (χ3n) is 10.1. The Morgan fingerprint density at radius 2 is 1.57 bits per heavy atom. The zero-order valence-corrected chi connectivity index (χ0v) is 28.4. The summed E-state index contributed by atoms with van der Waals surface area (Å²) in [5.74, 6) is -0.687. The van der Waals surface area contributed by atoms with Crippen molar-refractivity contribution >= 4 is 16.9 Å². The van der Waals surface area contributed by atoms with Crippen LogP contribution in [-0.2, 0) is 32.1 Å². The number of aromatic nitrogens is 2. The minimum atomic E-state index is -0.561. The van der Waals surface area contributed by atoms with Gasteiger partial charge in [-0.3, -0.25) is 9.78 Å². The highest BCUT2D eigenvalue weighted by atomic mass is 16.7. The number of nitrogens with one attached hydrogen (secondary N) is 1. The molecule has 3 aliphatic heterocycles. The molecule has 1 amide bonds. The molecule has 0 bridgehead atoms. The van der Waals surface area contributed by atoms with E-state index in [9.17, 15) is 9.90 Å². The first-order chi connectivity index (χ1) is 25.0. The van der Waals surface area contributed by atoms with Crippen LogP contribution in [-0.4, -0.2) is 70.6 Å². The van der Waals surface area contributed by atoms with Gasteiger partial charge in [0.05, 0.1) is 49.3 Å². The van der Waals surface area contributed by atoms with Gasteiger partial charge in [-0.15, -0.1) is 0 Å². The summed E-state index contributed by atoms with van der Waals surface area (Å²) in [4.78, 5) is 24.2. The molecule has 4 heterocycles. The van der Waals surface area contributed by atoms with Crippen LogP contribution in [0.25, 0.3) is 22.2 Å². The molecule has 3 atom stereocenters. The molecule has 0 unspecified atom stereocenters. The fourth-order valence-electron chi connectivity index (χ4n) is 7.25. The Hall–Kier alpha value is -4.55. The molecule has 2 N–H and O–H groups in total. The largest absolute Gasteiger partial charge is 0.392 e. The number of aliphatic hydroxyl groups is 1. The van der Waals surface area contributed by atoms with E-state index in [1.807, 2.05) is 66.7 Å². The molecule has 0 saturated carbocycles. The number of rotatable bonds is 9. The molecule has 1 spiro atoms. The number of hydrogen-bond acceptors (Lipinski definition) is 9. The van der Waals surface area contributed by atoms with Crippen LogP contribution in [0.4, 0.5) is 0 Å². The van der Waals surface area contributed by atoms with Crippen LogP contribution in [0.3, 0.4) is 0 Å². The molecule has 0 aliphatic carbocycles. The summed E-state index contributed by atoms with van der Waals surface area (Å²) in [6.07, 6.45) is 3.17. The lowest BCUT2D eigenvalue weighted by Crippen LogP contribution is -2.48. The Bertz CT molecular complexity index is 1970. The lowest BCUT2D eigenvalue weighted by Gasteiger charge is -2.41. The van der Waals surface area contributed by atoms with E-state index in [0.29, 0.717) is 25.3 Å². The Balaban J connectivity index is 0.973. The molecule has 5 aromatic rings. The van der Waals surface area contributed by atoms with Crippen LogP contribution in [0.1, 0.15) is 64.4 Å². The van der Waals surface area contributed by atoms with E-state index in [-0.39, 0.29) is 30.4 Å². The van der Waals surface area contributed by atoms with Gasteiger partial charge in [-0.25, -0.2) is 4.98 Å². The second kappa shape index (κ2) is 15.0. The normalized spacial score (nSPS) is 21.9. The average Bonchev–Trinajstić information content (AvgIpc) is 3.65. The topological polar surface area (TPSA) is 115 Å². The number of amides is 1. The molecular formula is C41H42N4O6. The van der Waals surface area contributed by atoms with E-state index in [1.54, 1.807) is 0 Å². The Labute approximate surface area is 297 Å². The fraction of sp³-hybridized carbons (Fsp3) is 0.341. The highest BCUT2D eigenvalue weighted by Crippen LogP contribution is 2.40. The summed E-state index contributed by atoms with van der Waals surface area (Å²) in [5.41, 5.74) is 7.61. The minimum Gasteiger partial charge on any atom is -0.392 e. The number of aliphatic hydroxyl groups excluding tert-OH is 1. The number of piperidine rings is 1. The van der Waals surface area contributed by atoms with Crippen molar-refractivity contribution in [2.75, 3.05) is 32.8 Å². The molecule has 3 fully saturated rings. The fourth-order valence-corrected chi connectivity index (χ4v) is 7.25. The maximum absolute atomic E-state index is 12.9. The average molecular weight is 687 g/mol. The molecule has 8 rings (SSSR count). The van der Waals surface area contributed by atoms with Crippen LogP contribution in [0.2, 0.25) is 0 Å². The molecule has 4 aromatic carbocycles. The van der Waals surface area contributed by atoms with Gasteiger partial charge < -0.3 is 34.3 Å². The molecular weight excluding hydrogens is 644 g/mol. The summed E-state index contributed by atoms with van der Waals surface area (Å²) in [5, 5.41) is 12.6. The minimum absolute atomic E-state index is 0.00352. The van der Waals surface area contributed by atoms with E-state index in [2.05, 4.69) is 50.5 Å². The van der Waals surface area contributed by atoms with Gasteiger partial charge in [0.1, 0.15) is 5.69 Å². The van der Waals surface area contributed by atoms with Gasteiger partial charge in [0.25, 0.3) is 5.91 Å². The first kappa shape index (κ1) is 33.6. The maximum Gasteiger partial charge on any atom is 0.271 e. The highest BCUT2D eigenvalue weighted by molar-refractivity contribution is 5.93. The molecule has 262 valence electrons. The summed E-state index contributed by atoms with van der Waals surface area (Å²) >= 11 is 0. The number of carbonyl (C=O) groups is 1. The quantitative estimate of drug-likeness (QED) is 0.190. The smallest absolute Gasteiger partial charge is 0.271 e. The van der Waals surface area contributed by atoms with Crippen LogP contribution < -0.4 is 5.32 Å². The number of hydrogen-bond donors (Lipinski definition) is 2. The number of benzene rings is 4. The van der Waals surface area contributed by atoms with Crippen molar-refractivity contribution in [3.05, 3.63) is 131 Å². The molecule has 10 nitrogen and oxygen atoms in total. The predicted molar refractivity (Wildman–Crippen MR) is 191 cm³/mol. The second-order valence-electron chi connectivity index (χ2n) is 13.5. The lowest BCUT2D eigenvalue weighted by molar-refractivity contribution is -0.255. The van der Waals surface area contributed by atoms with E-state index in [0.717, 1.165) is 77.8 Å². The lowest BCUT2D eigenvalue weighted by atomic mass is 9.97. The second-order valence-corrected chi connectivity index (χ2v) is 13.5. The Morgan fingerprint density at radius 3 is 2.35 bits per heavy atom. The molecule has 3 aliphatic rings. The number of fused-ring (bicyclic) bond motifs is 1. The van der Waals surface area contributed by atoms with Gasteiger partial charge in [0.2, 0.25) is 0 Å². The van der Waals surface area contributed by atoms with E-state index in [1.165, 1.54) is 6.20 Å². The van der Waals surface area contributed by atoms with Crippen molar-refractivity contribution in [2.45, 2.75) is 56.7 Å². The van der Waals surface area contributed by atoms with Crippen molar-refractivity contribution < 1.29 is 28.8 Å². The maximum atomic E-state index is 12.9. The van der Waals surface area contributed by atoms with Crippen molar-refractivity contribution in [3.63, 3.8) is 0 Å². The summed E-state index contributed by atoms with van der Waals surface area (Å²) in [6, 6.07) is 31.9. The first-order valence-corrected chi connectivity index (χ1v) is 17.7. The SMILES string of the molecule is O=C(NCc1cccc(-c2cccc([C@H]3O[C@@H](CN4CCC5(CC4)OCCO5)C[C@@H](c4ccc(CO)cc4)O3)c2)c1)c1cnc2ccccc2n1. The van der Waals surface area contributed by atoms with Crippen molar-refractivity contribution in [3.8, 4) is 11.1 Å². The van der Waals surface area contributed by atoms with Crippen LogP contribution in [0.5, 0.6) is 0 Å². The number of para-hydroxylation sites is 2. The van der Waals surface area contributed by atoms with Crippen molar-refractivity contribution in [1.29, 1.82) is 0 Å². The number of likely N-dealkylation sites (tertiary alicyclic amines) is 1. The highest BCUT2D eigenvalue weighted by Gasteiger charge is 2.41. The van der Waals surface area contributed by atoms with E-state index in [4.69, 9.17) is 18.9 Å². The van der Waals surface area contributed by atoms with E-state index >= 15 is 0 Å². The van der Waals surface area contributed by atoms with Gasteiger partial charge >= 0.3 is 0 Å². The molecule has 3 saturated heterocycles. The molecule has 0 radical (unpaired) electrons. The van der Waals surface area contributed by atoms with Crippen LogP contribution in [0, 0.1) is 0 Å². The standard InChI is InChI=1S/C41H42N4O6/c46-27-28-11-13-30(14-12-28)38-23-34(26-45-17-15-41(16-18-45)48-19-20-49-41)50-40(51-38)33-8-4-7-32(22-33)31-6-3-5-29(21-31)24-43-39(47)37-25-42-35-9-1-2-10-36(35)44-37/h1-14,21-22,25,34,38,40,46H,15-20,23-24,26-27H2,(H,43,47)/t34-,38+,40+/m1/s1. The molecule has 10 heteroatoms. The number of carbonyl (C=O) groups excluding carboxylic acids is 1. The zero-order chi connectivity index (χ0) is 34.6. The summed E-state index contributed by atoms with van der Waals surface area (Å²) in [6.45, 7) is 4.27. The number of ether oxygens (including phenoxy) is 4. The Kier molecular flexibility index (Phi) is 9.86. The van der Waals surface area contributed by atoms with Crippen LogP contribution >= 0.6 is 0 Å². The third-order valence-corrected chi connectivity index (χ3v) is 10.1. The Morgan fingerprint density at radius 1 is 0.824 bits per heavy atom. The third kappa shape index (κ3) is 7.72. The van der Waals surface area contributed by atoms with Crippen LogP contribution in [0.15, 0.2) is 103 Å². The zero-order valence-electron chi connectivity index (χ0n) is 28.4. The molecule has 51 heavy (non-hydrogen) atoms. The molecule has 1 aromatic heterocycles. The van der Waals surface area contributed by atoms with Gasteiger partial charge in [0.15, 0.2) is 12.1 Å². The van der Waals surface area contributed by atoms with Crippen molar-refractivity contribution in [1.82, 2.24) is 20.2 Å². The monoisotopic (exact) mass is 686 g/mol. The van der Waals surface area contributed by atoms with Gasteiger partial charge in [0, 0.05) is 51.0 Å². The van der Waals surface area contributed by atoms with Crippen molar-refractivity contribution in [2.24, 2.45) is 0 Å². The predicted octanol–water partition coefficient (Wildman–Crippen LogP) is 6.10. The first-order valence-electron chi connectivity index (χ1n) is 17.7. The number of nitrogens with zero attached hydrogens (tertiary/aromatic N) is 3. The van der Waals surface area contributed by atoms with E-state index < -0.39 is 12.1 Å². The van der Waals surface area contributed by atoms with Gasteiger partial charge in [-0.05, 0) is 52.1 Å². The summed E-state index contributed by atoms with van der Waals surface area (Å²) in [7, 11) is 0. The van der Waals surface area contributed by atoms with Gasteiger partial charge in [-0.1, -0.05) is 72.8 Å². The van der Waals surface area contributed by atoms with Gasteiger partial charge in [-0.2, -0.15) is 0 Å². The summed E-state index contributed by atoms with van der Waals surface area (Å²) < 4.78 is 25.3.